The van der Waals surface area contributed by atoms with Crippen LogP contribution in [-0.2, 0) is 6.42 Å². The van der Waals surface area contributed by atoms with Crippen molar-refractivity contribution in [1.82, 2.24) is 9.97 Å². The lowest BCUT2D eigenvalue weighted by Crippen LogP contribution is -2.26. The Morgan fingerprint density at radius 3 is 2.41 bits per heavy atom. The van der Waals surface area contributed by atoms with Gasteiger partial charge in [0.2, 0.25) is 5.95 Å². The lowest BCUT2D eigenvalue weighted by atomic mass is 10.2. The fourth-order valence-corrected chi connectivity index (χ4v) is 2.74. The average Bonchev–Trinajstić information content (AvgIpc) is 2.61. The van der Waals surface area contributed by atoms with Crippen molar-refractivity contribution in [2.45, 2.75) is 39.0 Å². The molecule has 1 aliphatic rings. The largest absolute Gasteiger partial charge is 0.341 e. The first-order chi connectivity index (χ1) is 8.22. The summed E-state index contributed by atoms with van der Waals surface area (Å²) in [5.74, 6) is 0.789. The maximum atomic E-state index is 6.13. The second-order valence-corrected chi connectivity index (χ2v) is 5.48. The zero-order chi connectivity index (χ0) is 12.3. The van der Waals surface area contributed by atoms with Crippen molar-refractivity contribution < 1.29 is 0 Å². The minimum Gasteiger partial charge on any atom is -0.341 e. The molecule has 1 aromatic heterocycles. The molecule has 3 nitrogen and oxygen atoms in total. The van der Waals surface area contributed by atoms with Gasteiger partial charge in [0.25, 0.3) is 0 Å². The van der Waals surface area contributed by atoms with Crippen molar-refractivity contribution >= 4 is 33.5 Å². The third-order valence-electron chi connectivity index (χ3n) is 3.09. The van der Waals surface area contributed by atoms with Gasteiger partial charge in [-0.1, -0.05) is 31.4 Å². The van der Waals surface area contributed by atoms with Crippen LogP contribution in [0.15, 0.2) is 4.47 Å². The van der Waals surface area contributed by atoms with E-state index in [-0.39, 0.29) is 0 Å². The number of hydrogen-bond donors (Lipinski definition) is 0. The standard InChI is InChI=1S/C12H17BrClN3/c1-2-9-10(13)11(14)16-12(15-9)17-7-5-3-4-6-8-17/h2-8H2,1H3. The third-order valence-corrected chi connectivity index (χ3v) is 4.43. The van der Waals surface area contributed by atoms with Crippen LogP contribution in [0.2, 0.25) is 5.15 Å². The molecule has 1 fully saturated rings. The van der Waals surface area contributed by atoms with Crippen LogP contribution < -0.4 is 4.90 Å². The number of nitrogens with zero attached hydrogens (tertiary/aromatic N) is 3. The highest BCUT2D eigenvalue weighted by Crippen LogP contribution is 2.27. The molecule has 0 bridgehead atoms. The highest BCUT2D eigenvalue weighted by Gasteiger charge is 2.16. The summed E-state index contributed by atoms with van der Waals surface area (Å²) in [7, 11) is 0. The molecule has 0 saturated carbocycles. The second kappa shape index (κ2) is 6.01. The molecule has 1 aliphatic heterocycles. The van der Waals surface area contributed by atoms with Gasteiger partial charge in [0.1, 0.15) is 5.15 Å². The lowest BCUT2D eigenvalue weighted by molar-refractivity contribution is 0.726. The fraction of sp³-hybridized carbons (Fsp3) is 0.667. The van der Waals surface area contributed by atoms with Crippen LogP contribution >= 0.6 is 27.5 Å². The van der Waals surface area contributed by atoms with Gasteiger partial charge in [-0.25, -0.2) is 4.98 Å². The molecule has 0 spiro atoms. The molecule has 94 valence electrons. The van der Waals surface area contributed by atoms with Crippen LogP contribution in [-0.4, -0.2) is 23.1 Å². The molecule has 0 aliphatic carbocycles. The zero-order valence-electron chi connectivity index (χ0n) is 10.0. The first-order valence-electron chi connectivity index (χ1n) is 6.19. The topological polar surface area (TPSA) is 29.0 Å². The highest BCUT2D eigenvalue weighted by molar-refractivity contribution is 9.10. The Balaban J connectivity index is 2.27. The van der Waals surface area contributed by atoms with E-state index in [4.69, 9.17) is 11.6 Å². The maximum Gasteiger partial charge on any atom is 0.227 e. The SMILES string of the molecule is CCc1nc(N2CCCCCC2)nc(Cl)c1Br. The summed E-state index contributed by atoms with van der Waals surface area (Å²) in [4.78, 5) is 11.2. The van der Waals surface area contributed by atoms with E-state index >= 15 is 0 Å². The van der Waals surface area contributed by atoms with Gasteiger partial charge < -0.3 is 4.90 Å². The summed E-state index contributed by atoms with van der Waals surface area (Å²) >= 11 is 9.57. The van der Waals surface area contributed by atoms with E-state index in [1.807, 2.05) is 0 Å². The zero-order valence-corrected chi connectivity index (χ0v) is 12.4. The van der Waals surface area contributed by atoms with Crippen molar-refractivity contribution in [3.05, 3.63) is 15.3 Å². The van der Waals surface area contributed by atoms with Gasteiger partial charge in [0, 0.05) is 13.1 Å². The third kappa shape index (κ3) is 3.10. The van der Waals surface area contributed by atoms with Crippen LogP contribution in [0.3, 0.4) is 0 Å². The van der Waals surface area contributed by atoms with E-state index in [0.29, 0.717) is 5.15 Å². The van der Waals surface area contributed by atoms with Crippen LogP contribution in [0, 0.1) is 0 Å². The minimum absolute atomic E-state index is 0.524. The summed E-state index contributed by atoms with van der Waals surface area (Å²) in [6.07, 6.45) is 5.92. The second-order valence-electron chi connectivity index (χ2n) is 4.33. The van der Waals surface area contributed by atoms with Gasteiger partial charge in [-0.15, -0.1) is 0 Å². The van der Waals surface area contributed by atoms with Crippen molar-refractivity contribution in [1.29, 1.82) is 0 Å². The molecule has 2 rings (SSSR count). The quantitative estimate of drug-likeness (QED) is 0.776. The van der Waals surface area contributed by atoms with Gasteiger partial charge >= 0.3 is 0 Å². The Hall–Kier alpha value is -0.350. The summed E-state index contributed by atoms with van der Waals surface area (Å²) in [6, 6.07) is 0. The first kappa shape index (κ1) is 13.1. The van der Waals surface area contributed by atoms with Gasteiger partial charge in [-0.3, -0.25) is 0 Å². The molecular weight excluding hydrogens is 302 g/mol. The number of rotatable bonds is 2. The molecule has 1 saturated heterocycles. The lowest BCUT2D eigenvalue weighted by Gasteiger charge is -2.21. The monoisotopic (exact) mass is 317 g/mol. The van der Waals surface area contributed by atoms with Gasteiger partial charge in [-0.05, 0) is 35.2 Å². The molecule has 0 N–H and O–H groups in total. The minimum atomic E-state index is 0.524. The number of aryl methyl sites for hydroxylation is 1. The average molecular weight is 319 g/mol. The summed E-state index contributed by atoms with van der Waals surface area (Å²) in [5, 5.41) is 0.524. The molecule has 5 heteroatoms. The molecule has 17 heavy (non-hydrogen) atoms. The predicted octanol–water partition coefficient (Wildman–Crippen LogP) is 3.84. The van der Waals surface area contributed by atoms with Crippen LogP contribution in [0.25, 0.3) is 0 Å². The van der Waals surface area contributed by atoms with Crippen molar-refractivity contribution in [2.24, 2.45) is 0 Å². The van der Waals surface area contributed by atoms with Crippen LogP contribution in [0.1, 0.15) is 38.3 Å². The van der Waals surface area contributed by atoms with E-state index in [1.165, 1.54) is 25.7 Å². The van der Waals surface area contributed by atoms with Crippen molar-refractivity contribution in [3.8, 4) is 0 Å². The summed E-state index contributed by atoms with van der Waals surface area (Å²) in [6.45, 7) is 4.16. The van der Waals surface area contributed by atoms with E-state index in [1.54, 1.807) is 0 Å². The van der Waals surface area contributed by atoms with Crippen molar-refractivity contribution in [3.63, 3.8) is 0 Å². The highest BCUT2D eigenvalue weighted by atomic mass is 79.9. The van der Waals surface area contributed by atoms with E-state index < -0.39 is 0 Å². The number of halogens is 2. The van der Waals surface area contributed by atoms with Gasteiger partial charge in [-0.2, -0.15) is 4.98 Å². The van der Waals surface area contributed by atoms with E-state index in [9.17, 15) is 0 Å². The van der Waals surface area contributed by atoms with Crippen LogP contribution in [0.4, 0.5) is 5.95 Å². The number of anilines is 1. The fourth-order valence-electron chi connectivity index (χ4n) is 2.10. The normalized spacial score (nSPS) is 17.0. The van der Waals surface area contributed by atoms with Crippen molar-refractivity contribution in [2.75, 3.05) is 18.0 Å². The molecule has 0 aromatic carbocycles. The number of aromatic nitrogens is 2. The molecule has 2 heterocycles. The molecule has 0 atom stereocenters. The molecule has 0 radical (unpaired) electrons. The molecule has 0 amide bonds. The molecule has 0 unspecified atom stereocenters. The molecule has 1 aromatic rings. The Morgan fingerprint density at radius 1 is 1.18 bits per heavy atom. The number of hydrogen-bond acceptors (Lipinski definition) is 3. The summed E-state index contributed by atoms with van der Waals surface area (Å²) < 4.78 is 0.834. The van der Waals surface area contributed by atoms with Gasteiger partial charge in [0.15, 0.2) is 0 Å². The first-order valence-corrected chi connectivity index (χ1v) is 7.36. The van der Waals surface area contributed by atoms with Gasteiger partial charge in [0.05, 0.1) is 10.2 Å². The Labute approximate surface area is 116 Å². The van der Waals surface area contributed by atoms with E-state index in [0.717, 1.165) is 35.6 Å². The molecular formula is C12H17BrClN3. The smallest absolute Gasteiger partial charge is 0.227 e. The Bertz CT molecular complexity index is 390. The Kier molecular flexibility index (Phi) is 4.62. The predicted molar refractivity (Wildman–Crippen MR) is 74.8 cm³/mol. The van der Waals surface area contributed by atoms with E-state index in [2.05, 4.69) is 37.7 Å². The Morgan fingerprint density at radius 2 is 1.82 bits per heavy atom. The van der Waals surface area contributed by atoms with Crippen LogP contribution in [0.5, 0.6) is 0 Å². The maximum absolute atomic E-state index is 6.13. The summed E-state index contributed by atoms with van der Waals surface area (Å²) in [5.41, 5.74) is 0.990.